The normalized spacial score (nSPS) is 10.9. The summed E-state index contributed by atoms with van der Waals surface area (Å²) in [6, 6.07) is 5.49. The SMILES string of the molecule is CCc1c2cccc(O)c2nn1C. The third kappa shape index (κ3) is 1.08. The van der Waals surface area contributed by atoms with Crippen LogP contribution in [0.15, 0.2) is 18.2 Å². The summed E-state index contributed by atoms with van der Waals surface area (Å²) in [5.74, 6) is 0.257. The van der Waals surface area contributed by atoms with E-state index in [9.17, 15) is 5.11 Å². The number of aromatic nitrogens is 2. The van der Waals surface area contributed by atoms with Gasteiger partial charge < -0.3 is 5.11 Å². The van der Waals surface area contributed by atoms with Gasteiger partial charge in [-0.1, -0.05) is 19.1 Å². The molecular formula is C10H12N2O. The van der Waals surface area contributed by atoms with Gasteiger partial charge in [-0.2, -0.15) is 5.10 Å². The molecule has 2 rings (SSSR count). The van der Waals surface area contributed by atoms with Crippen LogP contribution >= 0.6 is 0 Å². The highest BCUT2D eigenvalue weighted by molar-refractivity contribution is 5.86. The van der Waals surface area contributed by atoms with Gasteiger partial charge in [0, 0.05) is 18.1 Å². The molecule has 0 fully saturated rings. The highest BCUT2D eigenvalue weighted by atomic mass is 16.3. The molecule has 0 unspecified atom stereocenters. The Balaban J connectivity index is 2.86. The summed E-state index contributed by atoms with van der Waals surface area (Å²) < 4.78 is 1.82. The number of aryl methyl sites for hydroxylation is 2. The minimum Gasteiger partial charge on any atom is -0.506 e. The summed E-state index contributed by atoms with van der Waals surface area (Å²) >= 11 is 0. The summed E-state index contributed by atoms with van der Waals surface area (Å²) in [5, 5.41) is 14.8. The molecule has 1 heterocycles. The first kappa shape index (κ1) is 8.10. The molecule has 1 aromatic carbocycles. The molecule has 1 N–H and O–H groups in total. The minimum atomic E-state index is 0.257. The zero-order valence-electron chi connectivity index (χ0n) is 7.78. The number of nitrogens with zero attached hydrogens (tertiary/aromatic N) is 2. The first-order chi connectivity index (χ1) is 6.24. The molecule has 0 atom stereocenters. The number of phenols is 1. The summed E-state index contributed by atoms with van der Waals surface area (Å²) in [5.41, 5.74) is 1.85. The average molecular weight is 176 g/mol. The van der Waals surface area contributed by atoms with E-state index in [2.05, 4.69) is 12.0 Å². The highest BCUT2D eigenvalue weighted by Crippen LogP contribution is 2.25. The fourth-order valence-electron chi connectivity index (χ4n) is 1.67. The zero-order chi connectivity index (χ0) is 9.42. The Hall–Kier alpha value is -1.51. The topological polar surface area (TPSA) is 38.1 Å². The molecule has 2 aromatic rings. The lowest BCUT2D eigenvalue weighted by atomic mass is 10.1. The van der Waals surface area contributed by atoms with Gasteiger partial charge in [0.25, 0.3) is 0 Å². The molecule has 0 aliphatic heterocycles. The molecule has 0 radical (unpaired) electrons. The van der Waals surface area contributed by atoms with Crippen molar-refractivity contribution in [2.75, 3.05) is 0 Å². The van der Waals surface area contributed by atoms with E-state index in [0.29, 0.717) is 5.52 Å². The average Bonchev–Trinajstić information content (AvgIpc) is 2.43. The van der Waals surface area contributed by atoms with Crippen LogP contribution in [0.3, 0.4) is 0 Å². The third-order valence-corrected chi connectivity index (χ3v) is 2.30. The lowest BCUT2D eigenvalue weighted by Gasteiger charge is -1.96. The first-order valence-electron chi connectivity index (χ1n) is 4.37. The number of aromatic hydroxyl groups is 1. The van der Waals surface area contributed by atoms with Crippen LogP contribution in [0.5, 0.6) is 5.75 Å². The number of benzene rings is 1. The molecule has 3 nitrogen and oxygen atoms in total. The predicted octanol–water partition coefficient (Wildman–Crippen LogP) is 1.84. The van der Waals surface area contributed by atoms with Crippen LogP contribution < -0.4 is 0 Å². The summed E-state index contributed by atoms with van der Waals surface area (Å²) in [6.45, 7) is 2.08. The smallest absolute Gasteiger partial charge is 0.143 e. The molecular weight excluding hydrogens is 164 g/mol. The number of hydrogen-bond acceptors (Lipinski definition) is 2. The van der Waals surface area contributed by atoms with E-state index in [1.807, 2.05) is 23.9 Å². The van der Waals surface area contributed by atoms with Crippen molar-refractivity contribution < 1.29 is 5.11 Å². The Morgan fingerprint density at radius 2 is 2.23 bits per heavy atom. The largest absolute Gasteiger partial charge is 0.506 e. The Labute approximate surface area is 76.6 Å². The van der Waals surface area contributed by atoms with E-state index in [1.165, 1.54) is 0 Å². The van der Waals surface area contributed by atoms with Crippen molar-refractivity contribution in [3.8, 4) is 5.75 Å². The summed E-state index contributed by atoms with van der Waals surface area (Å²) in [7, 11) is 1.90. The van der Waals surface area contributed by atoms with E-state index in [-0.39, 0.29) is 5.75 Å². The number of rotatable bonds is 1. The lowest BCUT2D eigenvalue weighted by molar-refractivity contribution is 0.479. The fourth-order valence-corrected chi connectivity index (χ4v) is 1.67. The van der Waals surface area contributed by atoms with Crippen molar-refractivity contribution in [3.63, 3.8) is 0 Å². The van der Waals surface area contributed by atoms with Crippen LogP contribution in [-0.2, 0) is 13.5 Å². The monoisotopic (exact) mass is 176 g/mol. The van der Waals surface area contributed by atoms with Crippen molar-refractivity contribution in [3.05, 3.63) is 23.9 Å². The van der Waals surface area contributed by atoms with E-state index in [0.717, 1.165) is 17.5 Å². The van der Waals surface area contributed by atoms with Gasteiger partial charge in [-0.15, -0.1) is 0 Å². The van der Waals surface area contributed by atoms with E-state index in [4.69, 9.17) is 0 Å². The second kappa shape index (κ2) is 2.76. The van der Waals surface area contributed by atoms with Gasteiger partial charge in [0.05, 0.1) is 0 Å². The second-order valence-corrected chi connectivity index (χ2v) is 3.10. The molecule has 0 bridgehead atoms. The van der Waals surface area contributed by atoms with Gasteiger partial charge in [0.15, 0.2) is 0 Å². The van der Waals surface area contributed by atoms with Crippen molar-refractivity contribution in [1.29, 1.82) is 0 Å². The third-order valence-electron chi connectivity index (χ3n) is 2.30. The van der Waals surface area contributed by atoms with Crippen LogP contribution in [0.4, 0.5) is 0 Å². The predicted molar refractivity (Wildman–Crippen MR) is 51.8 cm³/mol. The molecule has 1 aromatic heterocycles. The maximum Gasteiger partial charge on any atom is 0.143 e. The molecule has 0 aliphatic rings. The molecule has 0 saturated heterocycles. The van der Waals surface area contributed by atoms with Crippen molar-refractivity contribution in [1.82, 2.24) is 9.78 Å². The zero-order valence-corrected chi connectivity index (χ0v) is 7.78. The molecule has 3 heteroatoms. The Bertz CT molecular complexity index is 445. The number of phenolic OH excluding ortho intramolecular Hbond substituents is 1. The summed E-state index contributed by atoms with van der Waals surface area (Å²) in [4.78, 5) is 0. The number of hydrogen-bond donors (Lipinski definition) is 1. The molecule has 0 aliphatic carbocycles. The van der Waals surface area contributed by atoms with Crippen molar-refractivity contribution >= 4 is 10.9 Å². The van der Waals surface area contributed by atoms with Crippen LogP contribution in [0.1, 0.15) is 12.6 Å². The van der Waals surface area contributed by atoms with Gasteiger partial charge in [0.2, 0.25) is 0 Å². The van der Waals surface area contributed by atoms with Crippen LogP contribution in [0, 0.1) is 0 Å². The van der Waals surface area contributed by atoms with E-state index < -0.39 is 0 Å². The Morgan fingerprint density at radius 3 is 2.92 bits per heavy atom. The molecule has 0 amide bonds. The quantitative estimate of drug-likeness (QED) is 0.720. The van der Waals surface area contributed by atoms with Crippen molar-refractivity contribution in [2.24, 2.45) is 7.05 Å². The maximum atomic E-state index is 9.53. The van der Waals surface area contributed by atoms with E-state index >= 15 is 0 Å². The second-order valence-electron chi connectivity index (χ2n) is 3.10. The standard InChI is InChI=1S/C10H12N2O/c1-3-8-7-5-4-6-9(13)10(7)11-12(8)2/h4-6,13H,3H2,1-2H3. The Morgan fingerprint density at radius 1 is 1.46 bits per heavy atom. The van der Waals surface area contributed by atoms with Crippen LogP contribution in [0.2, 0.25) is 0 Å². The van der Waals surface area contributed by atoms with Crippen LogP contribution in [-0.4, -0.2) is 14.9 Å². The van der Waals surface area contributed by atoms with Gasteiger partial charge in [-0.3, -0.25) is 4.68 Å². The van der Waals surface area contributed by atoms with Gasteiger partial charge >= 0.3 is 0 Å². The lowest BCUT2D eigenvalue weighted by Crippen LogP contribution is -1.95. The van der Waals surface area contributed by atoms with E-state index in [1.54, 1.807) is 6.07 Å². The van der Waals surface area contributed by atoms with Gasteiger partial charge in [0.1, 0.15) is 11.3 Å². The fraction of sp³-hybridized carbons (Fsp3) is 0.300. The maximum absolute atomic E-state index is 9.53. The minimum absolute atomic E-state index is 0.257. The van der Waals surface area contributed by atoms with Gasteiger partial charge in [-0.05, 0) is 12.5 Å². The molecule has 68 valence electrons. The number of fused-ring (bicyclic) bond motifs is 1. The molecule has 13 heavy (non-hydrogen) atoms. The molecule has 0 saturated carbocycles. The Kier molecular flexibility index (Phi) is 1.72. The van der Waals surface area contributed by atoms with Crippen molar-refractivity contribution in [2.45, 2.75) is 13.3 Å². The first-order valence-corrected chi connectivity index (χ1v) is 4.37. The highest BCUT2D eigenvalue weighted by Gasteiger charge is 2.08. The van der Waals surface area contributed by atoms with Crippen LogP contribution in [0.25, 0.3) is 10.9 Å². The molecule has 0 spiro atoms. The summed E-state index contributed by atoms with van der Waals surface area (Å²) in [6.07, 6.45) is 0.927. The van der Waals surface area contributed by atoms with Gasteiger partial charge in [-0.25, -0.2) is 0 Å².